The summed E-state index contributed by atoms with van der Waals surface area (Å²) in [5, 5.41) is 4.28. The maximum absolute atomic E-state index is 11.0. The highest BCUT2D eigenvalue weighted by atomic mass is 35.5. The zero-order chi connectivity index (χ0) is 16.8. The molecule has 0 aliphatic carbocycles. The molecule has 5 nitrogen and oxygen atoms in total. The lowest BCUT2D eigenvalue weighted by Gasteiger charge is -2.05. The summed E-state index contributed by atoms with van der Waals surface area (Å²) in [5.41, 5.74) is 5.64. The Morgan fingerprint density at radius 3 is 2.70 bits per heavy atom. The molecule has 1 aromatic heterocycles. The number of aromatic nitrogens is 1. The summed E-state index contributed by atoms with van der Waals surface area (Å²) in [7, 11) is 0. The van der Waals surface area contributed by atoms with Gasteiger partial charge in [-0.2, -0.15) is 4.98 Å². The molecule has 0 unspecified atom stereocenters. The fourth-order valence-electron chi connectivity index (χ4n) is 1.85. The minimum atomic E-state index is -0.469. The SMILES string of the molecule is CC(C)CCNCc1sc(Oc2ccc(C(N)=O)cc2)nc1Cl. The number of hydrogen-bond acceptors (Lipinski definition) is 5. The zero-order valence-corrected chi connectivity index (χ0v) is 14.7. The van der Waals surface area contributed by atoms with E-state index in [1.807, 2.05) is 0 Å². The minimum Gasteiger partial charge on any atom is -0.431 e. The summed E-state index contributed by atoms with van der Waals surface area (Å²) in [4.78, 5) is 16.2. The van der Waals surface area contributed by atoms with Gasteiger partial charge in [-0.05, 0) is 43.1 Å². The largest absolute Gasteiger partial charge is 0.431 e. The van der Waals surface area contributed by atoms with Crippen LogP contribution in [0.25, 0.3) is 0 Å². The third-order valence-corrected chi connectivity index (χ3v) is 4.52. The molecule has 124 valence electrons. The molecule has 7 heteroatoms. The Bertz CT molecular complexity index is 656. The van der Waals surface area contributed by atoms with Gasteiger partial charge in [0.15, 0.2) is 0 Å². The zero-order valence-electron chi connectivity index (χ0n) is 13.1. The van der Waals surface area contributed by atoms with Crippen molar-refractivity contribution in [3.05, 3.63) is 39.9 Å². The van der Waals surface area contributed by atoms with E-state index < -0.39 is 5.91 Å². The number of ether oxygens (including phenoxy) is 1. The van der Waals surface area contributed by atoms with Crippen molar-refractivity contribution < 1.29 is 9.53 Å². The molecule has 0 radical (unpaired) electrons. The lowest BCUT2D eigenvalue weighted by molar-refractivity contribution is 0.100. The van der Waals surface area contributed by atoms with Crippen LogP contribution in [0.1, 0.15) is 35.5 Å². The van der Waals surface area contributed by atoms with Crippen molar-refractivity contribution in [2.75, 3.05) is 6.54 Å². The first-order valence-electron chi connectivity index (χ1n) is 7.39. The summed E-state index contributed by atoms with van der Waals surface area (Å²) >= 11 is 7.54. The van der Waals surface area contributed by atoms with Crippen molar-refractivity contribution in [2.45, 2.75) is 26.8 Å². The molecule has 1 aromatic carbocycles. The molecule has 1 amide bonds. The van der Waals surface area contributed by atoms with Crippen LogP contribution in [0.2, 0.25) is 5.15 Å². The van der Waals surface area contributed by atoms with Crippen molar-refractivity contribution in [1.29, 1.82) is 0 Å². The number of rotatable bonds is 8. The van der Waals surface area contributed by atoms with Crippen LogP contribution in [-0.2, 0) is 6.54 Å². The van der Waals surface area contributed by atoms with E-state index in [1.165, 1.54) is 11.3 Å². The van der Waals surface area contributed by atoms with Crippen LogP contribution < -0.4 is 15.8 Å². The average molecular weight is 354 g/mol. The van der Waals surface area contributed by atoms with Crippen LogP contribution in [0.15, 0.2) is 24.3 Å². The van der Waals surface area contributed by atoms with E-state index >= 15 is 0 Å². The average Bonchev–Trinajstić information content (AvgIpc) is 2.84. The smallest absolute Gasteiger partial charge is 0.280 e. The van der Waals surface area contributed by atoms with E-state index in [0.717, 1.165) is 17.8 Å². The highest BCUT2D eigenvalue weighted by Gasteiger charge is 2.11. The Morgan fingerprint density at radius 1 is 1.39 bits per heavy atom. The number of nitrogens with zero attached hydrogens (tertiary/aromatic N) is 1. The maximum Gasteiger partial charge on any atom is 0.280 e. The number of halogens is 1. The van der Waals surface area contributed by atoms with Gasteiger partial charge in [-0.15, -0.1) is 0 Å². The summed E-state index contributed by atoms with van der Waals surface area (Å²) in [5.74, 6) is 0.782. The van der Waals surface area contributed by atoms with Crippen LogP contribution in [0, 0.1) is 5.92 Å². The third-order valence-electron chi connectivity index (χ3n) is 3.16. The van der Waals surface area contributed by atoms with Gasteiger partial charge in [0.1, 0.15) is 10.9 Å². The Labute approximate surface area is 144 Å². The third kappa shape index (κ3) is 5.49. The van der Waals surface area contributed by atoms with E-state index in [1.54, 1.807) is 24.3 Å². The molecule has 2 aromatic rings. The van der Waals surface area contributed by atoms with Crippen LogP contribution in [-0.4, -0.2) is 17.4 Å². The highest BCUT2D eigenvalue weighted by Crippen LogP contribution is 2.32. The van der Waals surface area contributed by atoms with Crippen molar-refractivity contribution in [2.24, 2.45) is 11.7 Å². The van der Waals surface area contributed by atoms with E-state index in [4.69, 9.17) is 22.1 Å². The van der Waals surface area contributed by atoms with Gasteiger partial charge >= 0.3 is 0 Å². The molecule has 0 saturated carbocycles. The molecule has 23 heavy (non-hydrogen) atoms. The number of carbonyl (C=O) groups is 1. The number of nitrogens with two attached hydrogens (primary N) is 1. The van der Waals surface area contributed by atoms with E-state index in [-0.39, 0.29) is 0 Å². The monoisotopic (exact) mass is 353 g/mol. The number of benzene rings is 1. The van der Waals surface area contributed by atoms with Gasteiger partial charge in [0.25, 0.3) is 5.19 Å². The molecule has 1 heterocycles. The molecule has 2 rings (SSSR count). The van der Waals surface area contributed by atoms with Gasteiger partial charge < -0.3 is 15.8 Å². The molecule has 0 fully saturated rings. The molecule has 0 spiro atoms. The predicted molar refractivity (Wildman–Crippen MR) is 93.3 cm³/mol. The fraction of sp³-hybridized carbons (Fsp3) is 0.375. The Kier molecular flexibility index (Phi) is 6.38. The lowest BCUT2D eigenvalue weighted by Crippen LogP contribution is -2.15. The number of carbonyl (C=O) groups excluding carboxylic acids is 1. The molecule has 0 aliphatic rings. The number of primary amides is 1. The minimum absolute atomic E-state index is 0.435. The second-order valence-corrected chi connectivity index (χ2v) is 6.95. The van der Waals surface area contributed by atoms with Crippen molar-refractivity contribution in [3.63, 3.8) is 0 Å². The first-order chi connectivity index (χ1) is 11.0. The number of hydrogen-bond donors (Lipinski definition) is 2. The van der Waals surface area contributed by atoms with E-state index in [0.29, 0.717) is 34.1 Å². The molecular formula is C16H20ClN3O2S. The number of nitrogens with one attached hydrogen (secondary N) is 1. The van der Waals surface area contributed by atoms with Crippen molar-refractivity contribution in [3.8, 4) is 10.9 Å². The van der Waals surface area contributed by atoms with E-state index in [9.17, 15) is 4.79 Å². The fourth-order valence-corrected chi connectivity index (χ4v) is 2.95. The van der Waals surface area contributed by atoms with Gasteiger partial charge in [0, 0.05) is 12.1 Å². The van der Waals surface area contributed by atoms with Gasteiger partial charge in [0.05, 0.1) is 4.88 Å². The van der Waals surface area contributed by atoms with Crippen LogP contribution in [0.5, 0.6) is 10.9 Å². The van der Waals surface area contributed by atoms with Crippen LogP contribution in [0.4, 0.5) is 0 Å². The highest BCUT2D eigenvalue weighted by molar-refractivity contribution is 7.14. The second kappa shape index (κ2) is 8.29. The quantitative estimate of drug-likeness (QED) is 0.707. The normalized spacial score (nSPS) is 11.0. The topological polar surface area (TPSA) is 77.2 Å². The number of thiazole rings is 1. The predicted octanol–water partition coefficient (Wildman–Crippen LogP) is 3.82. The summed E-state index contributed by atoms with van der Waals surface area (Å²) in [6, 6.07) is 6.58. The molecule has 0 saturated heterocycles. The van der Waals surface area contributed by atoms with Gasteiger partial charge in [-0.3, -0.25) is 4.79 Å². The summed E-state index contributed by atoms with van der Waals surface area (Å²) in [6.07, 6.45) is 1.12. The molecule has 3 N–H and O–H groups in total. The van der Waals surface area contributed by atoms with Gasteiger partial charge in [-0.25, -0.2) is 0 Å². The molecule has 0 bridgehead atoms. The molecule has 0 aliphatic heterocycles. The van der Waals surface area contributed by atoms with Gasteiger partial charge in [0.2, 0.25) is 5.91 Å². The van der Waals surface area contributed by atoms with Crippen LogP contribution >= 0.6 is 22.9 Å². The Hall–Kier alpha value is -1.63. The second-order valence-electron chi connectivity index (χ2n) is 5.54. The van der Waals surface area contributed by atoms with E-state index in [2.05, 4.69) is 24.1 Å². The van der Waals surface area contributed by atoms with Crippen molar-refractivity contribution in [1.82, 2.24) is 10.3 Å². The molecule has 0 atom stereocenters. The standard InChI is InChI=1S/C16H20ClN3O2S/c1-10(2)7-8-19-9-13-14(17)20-16(23-13)22-12-5-3-11(4-6-12)15(18)21/h3-6,10,19H,7-9H2,1-2H3,(H2,18,21). The lowest BCUT2D eigenvalue weighted by atomic mass is 10.1. The first kappa shape index (κ1) is 17.7. The molecular weight excluding hydrogens is 334 g/mol. The van der Waals surface area contributed by atoms with Crippen molar-refractivity contribution >= 4 is 28.8 Å². The first-order valence-corrected chi connectivity index (χ1v) is 8.58. The Balaban J connectivity index is 1.93. The maximum atomic E-state index is 11.0. The number of amides is 1. The summed E-state index contributed by atoms with van der Waals surface area (Å²) in [6.45, 7) is 6.00. The van der Waals surface area contributed by atoms with Crippen LogP contribution in [0.3, 0.4) is 0 Å². The Morgan fingerprint density at radius 2 is 2.09 bits per heavy atom. The van der Waals surface area contributed by atoms with Gasteiger partial charge in [-0.1, -0.05) is 36.8 Å². The summed E-state index contributed by atoms with van der Waals surface area (Å²) < 4.78 is 5.66.